The Balaban J connectivity index is 1.85. The van der Waals surface area contributed by atoms with E-state index in [1.807, 2.05) is 6.92 Å². The molecule has 0 saturated carbocycles. The van der Waals surface area contributed by atoms with Gasteiger partial charge in [-0.1, -0.05) is 13.0 Å². The van der Waals surface area contributed by atoms with Gasteiger partial charge in [0, 0.05) is 11.1 Å². The minimum atomic E-state index is -0.667. The molecule has 4 rings (SSSR count). The Morgan fingerprint density at radius 2 is 1.89 bits per heavy atom. The molecule has 27 heavy (non-hydrogen) atoms. The summed E-state index contributed by atoms with van der Waals surface area (Å²) in [5.41, 5.74) is 2.33. The molecule has 0 fully saturated rings. The summed E-state index contributed by atoms with van der Waals surface area (Å²) in [4.78, 5) is 25.3. The number of carbonyl (C=O) groups excluding carboxylic acids is 2. The number of methoxy groups -OCH3 is 1. The number of hydrogen-bond acceptors (Lipinski definition) is 6. The van der Waals surface area contributed by atoms with Crippen molar-refractivity contribution in [3.05, 3.63) is 58.7 Å². The van der Waals surface area contributed by atoms with Crippen molar-refractivity contribution in [2.24, 2.45) is 0 Å². The largest absolute Gasteiger partial charge is 0.494 e. The van der Waals surface area contributed by atoms with Crippen LogP contribution in [0.5, 0.6) is 17.2 Å². The van der Waals surface area contributed by atoms with Crippen molar-refractivity contribution in [1.29, 1.82) is 0 Å². The molecule has 0 saturated heterocycles. The van der Waals surface area contributed by atoms with Crippen LogP contribution < -0.4 is 14.2 Å². The van der Waals surface area contributed by atoms with E-state index in [-0.39, 0.29) is 18.1 Å². The molecule has 6 heteroatoms. The summed E-state index contributed by atoms with van der Waals surface area (Å²) in [7, 11) is 1.26. The Hall–Kier alpha value is -3.28. The number of benzene rings is 2. The van der Waals surface area contributed by atoms with Gasteiger partial charge in [-0.2, -0.15) is 0 Å². The number of fused-ring (bicyclic) bond motifs is 2. The summed E-state index contributed by atoms with van der Waals surface area (Å²) in [6.07, 6.45) is 0.860. The van der Waals surface area contributed by atoms with E-state index in [9.17, 15) is 9.59 Å². The lowest BCUT2D eigenvalue weighted by Gasteiger charge is -2.10. The highest BCUT2D eigenvalue weighted by atomic mass is 16.7. The van der Waals surface area contributed by atoms with E-state index in [4.69, 9.17) is 18.9 Å². The highest BCUT2D eigenvalue weighted by Crippen LogP contribution is 2.42. The van der Waals surface area contributed by atoms with Crippen LogP contribution in [0.2, 0.25) is 0 Å². The van der Waals surface area contributed by atoms with Crippen molar-refractivity contribution in [3.8, 4) is 17.2 Å². The molecule has 1 aliphatic heterocycles. The van der Waals surface area contributed by atoms with Crippen molar-refractivity contribution in [2.75, 3.05) is 20.5 Å². The van der Waals surface area contributed by atoms with E-state index in [1.54, 1.807) is 36.4 Å². The summed E-state index contributed by atoms with van der Waals surface area (Å²) in [6.45, 7) is 2.71. The number of rotatable bonds is 5. The van der Waals surface area contributed by atoms with Gasteiger partial charge in [0.25, 0.3) is 0 Å². The highest BCUT2D eigenvalue weighted by molar-refractivity contribution is 6.35. The monoisotopic (exact) mass is 366 g/mol. The molecular formula is C21H18O6. The lowest BCUT2D eigenvalue weighted by atomic mass is 9.97. The van der Waals surface area contributed by atoms with Crippen molar-refractivity contribution in [2.45, 2.75) is 13.3 Å². The van der Waals surface area contributed by atoms with Crippen LogP contribution in [-0.4, -0.2) is 32.3 Å². The molecule has 0 aromatic heterocycles. The molecule has 1 aliphatic carbocycles. The summed E-state index contributed by atoms with van der Waals surface area (Å²) >= 11 is 0. The van der Waals surface area contributed by atoms with Gasteiger partial charge in [0.05, 0.1) is 13.7 Å². The second kappa shape index (κ2) is 6.79. The molecule has 0 spiro atoms. The molecule has 0 atom stereocenters. The summed E-state index contributed by atoms with van der Waals surface area (Å²) < 4.78 is 21.3. The molecule has 0 radical (unpaired) electrons. The minimum Gasteiger partial charge on any atom is -0.494 e. The van der Waals surface area contributed by atoms with Gasteiger partial charge >= 0.3 is 5.97 Å². The Bertz CT molecular complexity index is 973. The Morgan fingerprint density at radius 3 is 2.67 bits per heavy atom. The zero-order chi connectivity index (χ0) is 19.0. The van der Waals surface area contributed by atoms with Crippen LogP contribution in [0.25, 0.3) is 5.57 Å². The number of hydrogen-bond donors (Lipinski definition) is 0. The molecule has 2 aliphatic rings. The highest BCUT2D eigenvalue weighted by Gasteiger charge is 2.36. The predicted octanol–water partition coefficient (Wildman–Crippen LogP) is 3.38. The normalized spacial score (nSPS) is 14.4. The molecule has 0 amide bonds. The van der Waals surface area contributed by atoms with Crippen molar-refractivity contribution in [3.63, 3.8) is 0 Å². The summed E-state index contributed by atoms with van der Waals surface area (Å²) in [5.74, 6) is 0.770. The van der Waals surface area contributed by atoms with Crippen LogP contribution in [0.15, 0.2) is 42.0 Å². The van der Waals surface area contributed by atoms with Gasteiger partial charge in [0.15, 0.2) is 11.5 Å². The quantitative estimate of drug-likeness (QED) is 0.597. The van der Waals surface area contributed by atoms with Gasteiger partial charge in [-0.05, 0) is 47.9 Å². The maximum absolute atomic E-state index is 13.0. The average Bonchev–Trinajstić information content (AvgIpc) is 3.27. The standard InChI is InChI=1S/C21H18O6/c1-3-8-25-13-5-6-14-15(10-13)20(22)19(21(23)24-2)18(14)12-4-7-16-17(9-12)27-11-26-16/h4-7,9-10H,3,8,11H2,1-2H3. The fourth-order valence-corrected chi connectivity index (χ4v) is 3.27. The van der Waals surface area contributed by atoms with Crippen molar-refractivity contribution >= 4 is 17.3 Å². The summed E-state index contributed by atoms with van der Waals surface area (Å²) in [5, 5.41) is 0. The second-order valence-electron chi connectivity index (χ2n) is 6.19. The third-order valence-corrected chi connectivity index (χ3v) is 4.51. The number of esters is 1. The summed E-state index contributed by atoms with van der Waals surface area (Å²) in [6, 6.07) is 10.6. The molecule has 138 valence electrons. The third kappa shape index (κ3) is 2.83. The first-order valence-corrected chi connectivity index (χ1v) is 8.68. The van der Waals surface area contributed by atoms with E-state index in [0.29, 0.717) is 46.1 Å². The molecule has 1 heterocycles. The molecule has 2 aromatic carbocycles. The fraction of sp³-hybridized carbons (Fsp3) is 0.238. The van der Waals surface area contributed by atoms with Crippen LogP contribution in [0, 0.1) is 0 Å². The van der Waals surface area contributed by atoms with Gasteiger partial charge in [0.2, 0.25) is 12.6 Å². The third-order valence-electron chi connectivity index (χ3n) is 4.51. The van der Waals surface area contributed by atoms with Gasteiger partial charge in [0.1, 0.15) is 11.3 Å². The Labute approximate surface area is 156 Å². The van der Waals surface area contributed by atoms with E-state index in [1.165, 1.54) is 7.11 Å². The average molecular weight is 366 g/mol. The van der Waals surface area contributed by atoms with Crippen molar-refractivity contribution < 1.29 is 28.5 Å². The molecule has 2 aromatic rings. The molecule has 6 nitrogen and oxygen atoms in total. The first-order valence-electron chi connectivity index (χ1n) is 8.68. The van der Waals surface area contributed by atoms with Gasteiger partial charge < -0.3 is 18.9 Å². The zero-order valence-electron chi connectivity index (χ0n) is 15.0. The van der Waals surface area contributed by atoms with Gasteiger partial charge in [-0.3, -0.25) is 4.79 Å². The molecule has 0 bridgehead atoms. The van der Waals surface area contributed by atoms with E-state index in [0.717, 1.165) is 6.42 Å². The second-order valence-corrected chi connectivity index (χ2v) is 6.19. The van der Waals surface area contributed by atoms with Crippen LogP contribution >= 0.6 is 0 Å². The van der Waals surface area contributed by atoms with Crippen molar-refractivity contribution in [1.82, 2.24) is 0 Å². The first kappa shape index (κ1) is 17.1. The lowest BCUT2D eigenvalue weighted by molar-refractivity contribution is -0.135. The molecule has 0 N–H and O–H groups in total. The molecular weight excluding hydrogens is 348 g/mol. The molecule has 0 unspecified atom stereocenters. The Kier molecular flexibility index (Phi) is 4.32. The zero-order valence-corrected chi connectivity index (χ0v) is 15.0. The SMILES string of the molecule is CCCOc1ccc2c(c1)C(=O)C(C(=O)OC)=C2c1ccc2c(c1)OCO2. The van der Waals surface area contributed by atoms with E-state index >= 15 is 0 Å². The fourth-order valence-electron chi connectivity index (χ4n) is 3.27. The minimum absolute atomic E-state index is 0.0130. The predicted molar refractivity (Wildman–Crippen MR) is 97.2 cm³/mol. The lowest BCUT2D eigenvalue weighted by Crippen LogP contribution is -2.12. The maximum atomic E-state index is 13.0. The van der Waals surface area contributed by atoms with Crippen LogP contribution in [0.4, 0.5) is 0 Å². The van der Waals surface area contributed by atoms with Gasteiger partial charge in [-0.25, -0.2) is 4.79 Å². The maximum Gasteiger partial charge on any atom is 0.342 e. The topological polar surface area (TPSA) is 71.1 Å². The van der Waals surface area contributed by atoms with Gasteiger partial charge in [-0.15, -0.1) is 0 Å². The number of carbonyl (C=O) groups is 2. The smallest absolute Gasteiger partial charge is 0.342 e. The van der Waals surface area contributed by atoms with Crippen LogP contribution in [0.3, 0.4) is 0 Å². The Morgan fingerprint density at radius 1 is 1.07 bits per heavy atom. The van der Waals surface area contributed by atoms with E-state index in [2.05, 4.69) is 0 Å². The van der Waals surface area contributed by atoms with Crippen LogP contribution in [0.1, 0.15) is 34.8 Å². The van der Waals surface area contributed by atoms with Crippen LogP contribution in [-0.2, 0) is 9.53 Å². The number of Topliss-reactive ketones (excluding diaryl/α,β-unsaturated/α-hetero) is 1. The number of ketones is 1. The number of ether oxygens (including phenoxy) is 4. The first-order chi connectivity index (χ1) is 13.1. The van der Waals surface area contributed by atoms with E-state index < -0.39 is 5.97 Å².